The summed E-state index contributed by atoms with van der Waals surface area (Å²) in [4.78, 5) is 24.0. The lowest BCUT2D eigenvalue weighted by molar-refractivity contribution is -0.121. The molecule has 152 valence electrons. The number of rotatable bonds is 9. The Kier molecular flexibility index (Phi) is 7.53. The van der Waals surface area contributed by atoms with E-state index in [-0.39, 0.29) is 35.2 Å². The van der Waals surface area contributed by atoms with Gasteiger partial charge in [0.25, 0.3) is 0 Å². The van der Waals surface area contributed by atoms with Gasteiger partial charge in [0.2, 0.25) is 6.35 Å². The van der Waals surface area contributed by atoms with Crippen LogP contribution in [0.2, 0.25) is 0 Å². The molecule has 0 aliphatic heterocycles. The molecule has 8 heteroatoms. The minimum atomic E-state index is -1.10. The number of methoxy groups -OCH3 is 1. The number of benzene rings is 2. The highest BCUT2D eigenvalue weighted by molar-refractivity contribution is 6.10. The number of aromatic hydroxyl groups is 2. The van der Waals surface area contributed by atoms with Gasteiger partial charge in [-0.25, -0.2) is 0 Å². The van der Waals surface area contributed by atoms with E-state index in [0.29, 0.717) is 11.1 Å². The number of allylic oxidation sites excluding steroid dienone is 2. The van der Waals surface area contributed by atoms with Crippen molar-refractivity contribution < 1.29 is 29.3 Å². The van der Waals surface area contributed by atoms with E-state index in [9.17, 15) is 19.8 Å². The van der Waals surface area contributed by atoms with Crippen LogP contribution in [-0.4, -0.2) is 35.2 Å². The Bertz CT molecular complexity index is 950. The third-order valence-electron chi connectivity index (χ3n) is 3.72. The molecule has 0 heterocycles. The molecular weight excluding hydrogens is 376 g/mol. The second kappa shape index (κ2) is 10.1. The number of carbonyl (C=O) groups is 2. The Morgan fingerprint density at radius 2 is 1.41 bits per heavy atom. The summed E-state index contributed by atoms with van der Waals surface area (Å²) in [7, 11) is 1.42. The number of hydrogen-bond donors (Lipinski definition) is 4. The summed E-state index contributed by atoms with van der Waals surface area (Å²) in [6, 6.07) is 9.03. The van der Waals surface area contributed by atoms with Crippen molar-refractivity contribution in [3.63, 3.8) is 0 Å². The van der Waals surface area contributed by atoms with Crippen LogP contribution in [0.3, 0.4) is 0 Å². The van der Waals surface area contributed by atoms with Gasteiger partial charge in [-0.2, -0.15) is 0 Å². The molecule has 0 radical (unpaired) electrons. The Labute approximate surface area is 167 Å². The van der Waals surface area contributed by atoms with Crippen molar-refractivity contribution in [2.45, 2.75) is 12.8 Å². The number of phenols is 2. The van der Waals surface area contributed by atoms with Gasteiger partial charge >= 0.3 is 0 Å². The molecule has 0 saturated carbocycles. The largest absolute Gasteiger partial charge is 0.504 e. The van der Waals surface area contributed by atoms with Crippen molar-refractivity contribution in [1.29, 1.82) is 0 Å². The maximum Gasteiger partial charge on any atom is 0.202 e. The van der Waals surface area contributed by atoms with E-state index in [2.05, 4.69) is 0 Å². The SMILES string of the molecule is COc1cc(/C=C/C(=O)CC(=O)/C=C/c2ccc(O)c(OC(N)N)c2)ccc1O. The Balaban J connectivity index is 1.97. The van der Waals surface area contributed by atoms with Crippen molar-refractivity contribution in [1.82, 2.24) is 0 Å². The summed E-state index contributed by atoms with van der Waals surface area (Å²) in [5.41, 5.74) is 11.9. The van der Waals surface area contributed by atoms with E-state index in [0.717, 1.165) is 0 Å². The average molecular weight is 398 g/mol. The molecule has 0 atom stereocenters. The second-order valence-electron chi connectivity index (χ2n) is 6.02. The maximum atomic E-state index is 12.0. The molecule has 2 rings (SSSR count). The van der Waals surface area contributed by atoms with Crippen LogP contribution in [0.15, 0.2) is 48.6 Å². The van der Waals surface area contributed by atoms with Crippen LogP contribution in [0.4, 0.5) is 0 Å². The zero-order valence-electron chi connectivity index (χ0n) is 15.7. The highest BCUT2D eigenvalue weighted by Crippen LogP contribution is 2.28. The van der Waals surface area contributed by atoms with Crippen LogP contribution in [-0.2, 0) is 9.59 Å². The fourth-order valence-corrected chi connectivity index (χ4v) is 2.34. The van der Waals surface area contributed by atoms with Gasteiger partial charge < -0.3 is 19.7 Å². The van der Waals surface area contributed by atoms with E-state index in [1.807, 2.05) is 0 Å². The normalized spacial score (nSPS) is 11.3. The highest BCUT2D eigenvalue weighted by Gasteiger charge is 2.07. The molecule has 29 heavy (non-hydrogen) atoms. The van der Waals surface area contributed by atoms with E-state index in [4.69, 9.17) is 20.9 Å². The molecule has 0 saturated heterocycles. The topological polar surface area (TPSA) is 145 Å². The van der Waals surface area contributed by atoms with Crippen LogP contribution < -0.4 is 20.9 Å². The van der Waals surface area contributed by atoms with Gasteiger partial charge in [0.05, 0.1) is 13.5 Å². The monoisotopic (exact) mass is 398 g/mol. The van der Waals surface area contributed by atoms with E-state index in [1.54, 1.807) is 18.2 Å². The van der Waals surface area contributed by atoms with Crippen LogP contribution in [0, 0.1) is 0 Å². The van der Waals surface area contributed by atoms with Crippen molar-refractivity contribution in [3.8, 4) is 23.0 Å². The summed E-state index contributed by atoms with van der Waals surface area (Å²) >= 11 is 0. The summed E-state index contributed by atoms with van der Waals surface area (Å²) in [5.74, 6) is -0.554. The lowest BCUT2D eigenvalue weighted by Gasteiger charge is -2.11. The average Bonchev–Trinajstić information content (AvgIpc) is 2.67. The Morgan fingerprint density at radius 1 is 0.931 bits per heavy atom. The van der Waals surface area contributed by atoms with Gasteiger partial charge in [-0.15, -0.1) is 0 Å². The van der Waals surface area contributed by atoms with Gasteiger partial charge in [0.15, 0.2) is 34.6 Å². The first kappa shape index (κ1) is 21.7. The summed E-state index contributed by atoms with van der Waals surface area (Å²) in [6.07, 6.45) is 4.15. The molecule has 8 nitrogen and oxygen atoms in total. The fourth-order valence-electron chi connectivity index (χ4n) is 2.34. The first-order valence-corrected chi connectivity index (χ1v) is 8.58. The minimum absolute atomic E-state index is 0.00692. The third-order valence-corrected chi connectivity index (χ3v) is 3.72. The lowest BCUT2D eigenvalue weighted by atomic mass is 10.1. The molecular formula is C21H22N2O6. The minimum Gasteiger partial charge on any atom is -0.504 e. The van der Waals surface area contributed by atoms with Gasteiger partial charge in [-0.05, 0) is 47.5 Å². The van der Waals surface area contributed by atoms with Gasteiger partial charge in [-0.1, -0.05) is 24.3 Å². The van der Waals surface area contributed by atoms with E-state index >= 15 is 0 Å². The van der Waals surface area contributed by atoms with E-state index in [1.165, 1.54) is 49.6 Å². The van der Waals surface area contributed by atoms with Crippen molar-refractivity contribution in [3.05, 3.63) is 59.7 Å². The van der Waals surface area contributed by atoms with Crippen molar-refractivity contribution in [2.75, 3.05) is 7.11 Å². The van der Waals surface area contributed by atoms with Crippen LogP contribution >= 0.6 is 0 Å². The Morgan fingerprint density at radius 3 is 1.90 bits per heavy atom. The molecule has 0 aliphatic rings. The molecule has 2 aromatic rings. The van der Waals surface area contributed by atoms with Crippen LogP contribution in [0.1, 0.15) is 17.5 Å². The van der Waals surface area contributed by atoms with Gasteiger partial charge in [0, 0.05) is 0 Å². The fraction of sp³-hybridized carbons (Fsp3) is 0.143. The molecule has 0 bridgehead atoms. The van der Waals surface area contributed by atoms with E-state index < -0.39 is 12.1 Å². The number of ketones is 2. The van der Waals surface area contributed by atoms with Gasteiger partial charge in [-0.3, -0.25) is 21.1 Å². The van der Waals surface area contributed by atoms with Crippen LogP contribution in [0.25, 0.3) is 12.2 Å². The summed E-state index contributed by atoms with van der Waals surface area (Å²) in [5, 5.41) is 19.2. The van der Waals surface area contributed by atoms with Crippen molar-refractivity contribution in [2.24, 2.45) is 11.5 Å². The Hall–Kier alpha value is -3.62. The van der Waals surface area contributed by atoms with Gasteiger partial charge in [0.1, 0.15) is 0 Å². The maximum absolute atomic E-state index is 12.0. The van der Waals surface area contributed by atoms with Crippen LogP contribution in [0.5, 0.6) is 23.0 Å². The zero-order valence-corrected chi connectivity index (χ0v) is 15.7. The molecule has 0 spiro atoms. The number of phenolic OH excluding ortho intramolecular Hbond substituents is 2. The summed E-state index contributed by atoms with van der Waals surface area (Å²) < 4.78 is 10.1. The predicted molar refractivity (Wildman–Crippen MR) is 108 cm³/mol. The molecule has 6 N–H and O–H groups in total. The standard InChI is InChI=1S/C21H22N2O6/c1-28-19-10-13(4-8-17(19)26)2-6-15(24)12-16(25)7-3-14-5-9-18(27)20(11-14)29-21(22)23/h2-11,21,26-27H,12,22-23H2,1H3/b6-2+,7-3+. The second-order valence-corrected chi connectivity index (χ2v) is 6.02. The number of hydrogen-bond acceptors (Lipinski definition) is 8. The smallest absolute Gasteiger partial charge is 0.202 e. The number of carbonyl (C=O) groups excluding carboxylic acids is 2. The molecule has 0 aliphatic carbocycles. The molecule has 0 aromatic heterocycles. The molecule has 0 fully saturated rings. The third kappa shape index (κ3) is 6.80. The number of ether oxygens (including phenoxy) is 2. The molecule has 0 unspecified atom stereocenters. The van der Waals surface area contributed by atoms with Crippen molar-refractivity contribution >= 4 is 23.7 Å². The molecule has 2 aromatic carbocycles. The highest BCUT2D eigenvalue weighted by atomic mass is 16.5. The predicted octanol–water partition coefficient (Wildman–Crippen LogP) is 1.94. The first-order chi connectivity index (χ1) is 13.8. The lowest BCUT2D eigenvalue weighted by Crippen LogP contribution is -2.36. The quantitative estimate of drug-likeness (QED) is 0.285. The number of nitrogens with two attached hydrogens (primary N) is 2. The molecule has 0 amide bonds. The first-order valence-electron chi connectivity index (χ1n) is 8.58. The zero-order chi connectivity index (χ0) is 21.4. The summed E-state index contributed by atoms with van der Waals surface area (Å²) in [6.45, 7) is 0.